The van der Waals surface area contributed by atoms with Gasteiger partial charge < -0.3 is 10.1 Å². The molecule has 150 valence electrons. The number of aromatic nitrogens is 3. The number of hydrogen-bond donors (Lipinski definition) is 1. The van der Waals surface area contributed by atoms with E-state index in [0.717, 1.165) is 6.42 Å². The molecule has 0 spiro atoms. The van der Waals surface area contributed by atoms with Gasteiger partial charge in [-0.2, -0.15) is 0 Å². The molecule has 1 aliphatic rings. The van der Waals surface area contributed by atoms with Crippen molar-refractivity contribution < 1.29 is 9.53 Å². The van der Waals surface area contributed by atoms with Crippen LogP contribution in [0.25, 0.3) is 10.9 Å². The van der Waals surface area contributed by atoms with Crippen LogP contribution in [-0.2, 0) is 22.5 Å². The standard InChI is InChI=1S/C22H24N4O3/c27-21(25-20-14-29-13-17(20)12-16-7-9-23-10-8-16)6-3-11-26-15-24-19-5-2-1-4-18(19)22(26)28/h1-2,4-5,7-10,15,17,20H,3,6,11-14H2,(H,25,27)/t17-,20+/m1/s1. The minimum absolute atomic E-state index is 0.0120. The molecule has 7 nitrogen and oxygen atoms in total. The number of carbonyl (C=O) groups is 1. The van der Waals surface area contributed by atoms with Gasteiger partial charge in [-0.05, 0) is 42.7 Å². The Labute approximate surface area is 168 Å². The van der Waals surface area contributed by atoms with Crippen molar-refractivity contribution >= 4 is 16.8 Å². The fraction of sp³-hybridized carbons (Fsp3) is 0.364. The number of para-hydroxylation sites is 1. The van der Waals surface area contributed by atoms with Gasteiger partial charge in [0.05, 0.1) is 36.5 Å². The van der Waals surface area contributed by atoms with Crippen molar-refractivity contribution in [1.29, 1.82) is 0 Å². The lowest BCUT2D eigenvalue weighted by Gasteiger charge is -2.19. The minimum Gasteiger partial charge on any atom is -0.379 e. The molecule has 4 rings (SSSR count). The number of rotatable bonds is 7. The third kappa shape index (κ3) is 4.68. The summed E-state index contributed by atoms with van der Waals surface area (Å²) in [4.78, 5) is 33.3. The van der Waals surface area contributed by atoms with Gasteiger partial charge in [-0.3, -0.25) is 19.1 Å². The number of hydrogen-bond acceptors (Lipinski definition) is 5. The molecule has 1 amide bonds. The fourth-order valence-corrected chi connectivity index (χ4v) is 3.74. The van der Waals surface area contributed by atoms with Crippen LogP contribution in [0.4, 0.5) is 0 Å². The number of amides is 1. The van der Waals surface area contributed by atoms with Crippen LogP contribution in [0.2, 0.25) is 0 Å². The highest BCUT2D eigenvalue weighted by Gasteiger charge is 2.29. The topological polar surface area (TPSA) is 86.1 Å². The van der Waals surface area contributed by atoms with Crippen molar-refractivity contribution in [2.45, 2.75) is 31.8 Å². The molecule has 0 aliphatic carbocycles. The number of aryl methyl sites for hydroxylation is 1. The predicted octanol–water partition coefficient (Wildman–Crippen LogP) is 1.95. The largest absolute Gasteiger partial charge is 0.379 e. The smallest absolute Gasteiger partial charge is 0.261 e. The summed E-state index contributed by atoms with van der Waals surface area (Å²) in [5.41, 5.74) is 1.81. The van der Waals surface area contributed by atoms with Crippen LogP contribution < -0.4 is 10.9 Å². The minimum atomic E-state index is -0.0717. The van der Waals surface area contributed by atoms with Crippen LogP contribution in [0.5, 0.6) is 0 Å². The van der Waals surface area contributed by atoms with Crippen molar-refractivity contribution in [3.8, 4) is 0 Å². The third-order valence-electron chi connectivity index (χ3n) is 5.33. The van der Waals surface area contributed by atoms with E-state index >= 15 is 0 Å². The third-order valence-corrected chi connectivity index (χ3v) is 5.33. The number of benzene rings is 1. The molecule has 0 saturated carbocycles. The maximum absolute atomic E-state index is 12.5. The molecular weight excluding hydrogens is 368 g/mol. The highest BCUT2D eigenvalue weighted by Crippen LogP contribution is 2.19. The average Bonchev–Trinajstić information content (AvgIpc) is 3.17. The van der Waals surface area contributed by atoms with Crippen LogP contribution >= 0.6 is 0 Å². The van der Waals surface area contributed by atoms with Gasteiger partial charge in [-0.25, -0.2) is 4.98 Å². The van der Waals surface area contributed by atoms with Gasteiger partial charge in [0.25, 0.3) is 5.56 Å². The summed E-state index contributed by atoms with van der Waals surface area (Å²) in [5, 5.41) is 3.70. The molecule has 2 atom stereocenters. The fourth-order valence-electron chi connectivity index (χ4n) is 3.74. The molecule has 0 unspecified atom stereocenters. The van der Waals surface area contributed by atoms with E-state index in [-0.39, 0.29) is 23.4 Å². The molecule has 7 heteroatoms. The van der Waals surface area contributed by atoms with Crippen molar-refractivity contribution in [2.24, 2.45) is 5.92 Å². The van der Waals surface area contributed by atoms with Crippen LogP contribution in [0.15, 0.2) is 59.9 Å². The number of fused-ring (bicyclic) bond motifs is 1. The van der Waals surface area contributed by atoms with Gasteiger partial charge in [0, 0.05) is 31.3 Å². The van der Waals surface area contributed by atoms with Gasteiger partial charge in [-0.15, -0.1) is 0 Å². The Morgan fingerprint density at radius 3 is 2.86 bits per heavy atom. The Balaban J connectivity index is 1.29. The second-order valence-electron chi connectivity index (χ2n) is 7.39. The normalized spacial score (nSPS) is 18.8. The Morgan fingerprint density at radius 1 is 1.17 bits per heavy atom. The summed E-state index contributed by atoms with van der Waals surface area (Å²) < 4.78 is 7.16. The lowest BCUT2D eigenvalue weighted by Crippen LogP contribution is -2.40. The highest BCUT2D eigenvalue weighted by molar-refractivity contribution is 5.77. The zero-order chi connectivity index (χ0) is 20.1. The molecule has 3 heterocycles. The number of ether oxygens (including phenoxy) is 1. The Bertz CT molecular complexity index is 1030. The van der Waals surface area contributed by atoms with Crippen LogP contribution in [0, 0.1) is 5.92 Å². The van der Waals surface area contributed by atoms with Crippen molar-refractivity contribution in [3.63, 3.8) is 0 Å². The maximum Gasteiger partial charge on any atom is 0.261 e. The first-order valence-electron chi connectivity index (χ1n) is 9.91. The van der Waals surface area contributed by atoms with Crippen molar-refractivity contribution in [2.75, 3.05) is 13.2 Å². The number of pyridine rings is 1. The average molecular weight is 392 g/mol. The predicted molar refractivity (Wildman–Crippen MR) is 109 cm³/mol. The van der Waals surface area contributed by atoms with E-state index in [1.165, 1.54) is 5.56 Å². The van der Waals surface area contributed by atoms with E-state index in [9.17, 15) is 9.59 Å². The highest BCUT2D eigenvalue weighted by atomic mass is 16.5. The molecule has 0 bridgehead atoms. The Kier molecular flexibility index (Phi) is 5.95. The molecule has 1 aromatic carbocycles. The lowest BCUT2D eigenvalue weighted by atomic mass is 9.95. The maximum atomic E-state index is 12.5. The van der Waals surface area contributed by atoms with E-state index in [0.29, 0.717) is 43.5 Å². The Hall–Kier alpha value is -3.06. The van der Waals surface area contributed by atoms with E-state index in [2.05, 4.69) is 15.3 Å². The molecule has 0 radical (unpaired) electrons. The van der Waals surface area contributed by atoms with Gasteiger partial charge in [0.2, 0.25) is 5.91 Å². The summed E-state index contributed by atoms with van der Waals surface area (Å²) >= 11 is 0. The van der Waals surface area contributed by atoms with E-state index in [4.69, 9.17) is 4.74 Å². The zero-order valence-electron chi connectivity index (χ0n) is 16.2. The van der Waals surface area contributed by atoms with Gasteiger partial charge in [-0.1, -0.05) is 12.1 Å². The summed E-state index contributed by atoms with van der Waals surface area (Å²) in [5.74, 6) is 0.246. The first-order chi connectivity index (χ1) is 14.2. The summed E-state index contributed by atoms with van der Waals surface area (Å²) in [6.07, 6.45) is 6.90. The molecule has 2 aromatic heterocycles. The van der Waals surface area contributed by atoms with Crippen LogP contribution in [0.3, 0.4) is 0 Å². The number of nitrogens with zero attached hydrogens (tertiary/aromatic N) is 3. The van der Waals surface area contributed by atoms with Crippen molar-refractivity contribution in [3.05, 3.63) is 71.0 Å². The first-order valence-corrected chi connectivity index (χ1v) is 9.91. The van der Waals surface area contributed by atoms with Gasteiger partial charge in [0.15, 0.2) is 0 Å². The Morgan fingerprint density at radius 2 is 2.00 bits per heavy atom. The molecular formula is C22H24N4O3. The summed E-state index contributed by atoms with van der Waals surface area (Å²) in [7, 11) is 0. The number of carbonyl (C=O) groups excluding carboxylic acids is 1. The molecule has 1 fully saturated rings. The summed E-state index contributed by atoms with van der Waals surface area (Å²) in [6.45, 7) is 1.65. The van der Waals surface area contributed by atoms with Crippen LogP contribution in [-0.4, -0.2) is 39.7 Å². The zero-order valence-corrected chi connectivity index (χ0v) is 16.2. The molecule has 1 saturated heterocycles. The monoisotopic (exact) mass is 392 g/mol. The molecule has 3 aromatic rings. The second-order valence-corrected chi connectivity index (χ2v) is 7.39. The summed E-state index contributed by atoms with van der Waals surface area (Å²) in [6, 6.07) is 11.3. The first kappa shape index (κ1) is 19.3. The molecule has 1 aliphatic heterocycles. The van der Waals surface area contributed by atoms with Crippen molar-refractivity contribution in [1.82, 2.24) is 19.9 Å². The van der Waals surface area contributed by atoms with E-state index in [1.807, 2.05) is 30.3 Å². The van der Waals surface area contributed by atoms with E-state index < -0.39 is 0 Å². The van der Waals surface area contributed by atoms with Crippen LogP contribution in [0.1, 0.15) is 18.4 Å². The van der Waals surface area contributed by atoms with Gasteiger partial charge in [0.1, 0.15) is 0 Å². The van der Waals surface area contributed by atoms with Gasteiger partial charge >= 0.3 is 0 Å². The second kappa shape index (κ2) is 8.96. The SMILES string of the molecule is O=C(CCCn1cnc2ccccc2c1=O)N[C@H]1COC[C@H]1Cc1ccncc1. The van der Waals surface area contributed by atoms with E-state index in [1.54, 1.807) is 29.4 Å². The molecule has 1 N–H and O–H groups in total. The lowest BCUT2D eigenvalue weighted by molar-refractivity contribution is -0.122. The molecule has 29 heavy (non-hydrogen) atoms. The quantitative estimate of drug-likeness (QED) is 0.664. The number of nitrogens with one attached hydrogen (secondary N) is 1.